The van der Waals surface area contributed by atoms with E-state index in [0.29, 0.717) is 40.0 Å². The third kappa shape index (κ3) is 3.93. The van der Waals surface area contributed by atoms with Crippen molar-refractivity contribution < 1.29 is 19.1 Å². The molecule has 2 atom stereocenters. The zero-order valence-electron chi connectivity index (χ0n) is 14.7. The molecular weight excluding hydrogens is 370 g/mol. The molecule has 2 amide bonds. The van der Waals surface area contributed by atoms with E-state index in [4.69, 9.17) is 15.2 Å². The number of ether oxygens (including phenoxy) is 2. The molecule has 2 unspecified atom stereocenters. The number of halogens is 1. The van der Waals surface area contributed by atoms with Gasteiger partial charge in [0.2, 0.25) is 12.7 Å². The average Bonchev–Trinajstić information content (AvgIpc) is 3.18. The van der Waals surface area contributed by atoms with Crippen LogP contribution >= 0.6 is 12.4 Å². The van der Waals surface area contributed by atoms with E-state index in [1.807, 2.05) is 6.92 Å². The first kappa shape index (κ1) is 18.8. The maximum absolute atomic E-state index is 12.6. The molecule has 2 aliphatic rings. The molecule has 2 aromatic rings. The summed E-state index contributed by atoms with van der Waals surface area (Å²) in [4.78, 5) is 24.6. The van der Waals surface area contributed by atoms with E-state index in [1.54, 1.807) is 36.4 Å². The molecule has 4 rings (SSSR count). The number of nitrogen functional groups attached to an aromatic ring is 1. The van der Waals surface area contributed by atoms with Gasteiger partial charge in [-0.15, -0.1) is 12.4 Å². The first-order chi connectivity index (χ1) is 12.5. The van der Waals surface area contributed by atoms with Gasteiger partial charge in [0.1, 0.15) is 0 Å². The van der Waals surface area contributed by atoms with Gasteiger partial charge in [-0.1, -0.05) is 13.0 Å². The standard InChI is InChI=1S/C19H19N3O4.ClH/c1-10-5-13(10)19(24)21-12-4-2-3-11(6-12)18(23)22-15-8-17-16(7-14(15)20)25-9-26-17;/h2-4,6-8,10,13H,5,9,20H2,1H3,(H,21,24)(H,22,23);1H. The van der Waals surface area contributed by atoms with Crippen LogP contribution in [0.25, 0.3) is 0 Å². The molecule has 1 aliphatic carbocycles. The van der Waals surface area contributed by atoms with E-state index in [1.165, 1.54) is 0 Å². The minimum atomic E-state index is -0.327. The molecule has 142 valence electrons. The Hall–Kier alpha value is -2.93. The number of rotatable bonds is 4. The molecule has 1 heterocycles. The molecule has 0 aromatic heterocycles. The summed E-state index contributed by atoms with van der Waals surface area (Å²) in [5, 5.41) is 5.63. The summed E-state index contributed by atoms with van der Waals surface area (Å²) in [6.07, 6.45) is 0.912. The Morgan fingerprint density at radius 3 is 2.52 bits per heavy atom. The van der Waals surface area contributed by atoms with Gasteiger partial charge in [-0.25, -0.2) is 0 Å². The number of benzene rings is 2. The second kappa shape index (κ2) is 7.36. The fourth-order valence-electron chi connectivity index (χ4n) is 2.92. The highest BCUT2D eigenvalue weighted by atomic mass is 35.5. The summed E-state index contributed by atoms with van der Waals surface area (Å²) in [6.45, 7) is 2.18. The highest BCUT2D eigenvalue weighted by molar-refractivity contribution is 6.07. The van der Waals surface area contributed by atoms with Crippen LogP contribution in [0.4, 0.5) is 17.1 Å². The van der Waals surface area contributed by atoms with Crippen LogP contribution < -0.4 is 25.8 Å². The zero-order chi connectivity index (χ0) is 18.3. The first-order valence-corrected chi connectivity index (χ1v) is 8.42. The number of nitrogens with one attached hydrogen (secondary N) is 2. The number of fused-ring (bicyclic) bond motifs is 1. The van der Waals surface area contributed by atoms with Gasteiger partial charge in [-0.3, -0.25) is 9.59 Å². The highest BCUT2D eigenvalue weighted by Crippen LogP contribution is 2.39. The Morgan fingerprint density at radius 1 is 1.11 bits per heavy atom. The van der Waals surface area contributed by atoms with Crippen LogP contribution in [0.1, 0.15) is 23.7 Å². The molecule has 0 radical (unpaired) electrons. The Balaban J connectivity index is 0.00000210. The van der Waals surface area contributed by atoms with Crippen molar-refractivity contribution in [1.82, 2.24) is 0 Å². The molecule has 1 aliphatic heterocycles. The molecule has 0 bridgehead atoms. The monoisotopic (exact) mass is 389 g/mol. The SMILES string of the molecule is CC1CC1C(=O)Nc1cccc(C(=O)Nc2cc3c(cc2N)OCO3)c1.Cl. The summed E-state index contributed by atoms with van der Waals surface area (Å²) in [5.41, 5.74) is 7.81. The second-order valence-corrected chi connectivity index (χ2v) is 6.64. The molecule has 0 saturated heterocycles. The minimum Gasteiger partial charge on any atom is -0.454 e. The minimum absolute atomic E-state index is 0. The Kier molecular flexibility index (Phi) is 5.14. The maximum atomic E-state index is 12.6. The largest absolute Gasteiger partial charge is 0.454 e. The van der Waals surface area contributed by atoms with Crippen LogP contribution in [0.5, 0.6) is 11.5 Å². The van der Waals surface area contributed by atoms with E-state index >= 15 is 0 Å². The van der Waals surface area contributed by atoms with Crippen molar-refractivity contribution in [2.24, 2.45) is 11.8 Å². The summed E-state index contributed by atoms with van der Waals surface area (Å²) in [6, 6.07) is 10.1. The van der Waals surface area contributed by atoms with Gasteiger partial charge in [-0.05, 0) is 30.5 Å². The van der Waals surface area contributed by atoms with Crippen molar-refractivity contribution in [3.63, 3.8) is 0 Å². The lowest BCUT2D eigenvalue weighted by atomic mass is 10.1. The lowest BCUT2D eigenvalue weighted by Crippen LogP contribution is -2.16. The van der Waals surface area contributed by atoms with Crippen LogP contribution in [0.3, 0.4) is 0 Å². The first-order valence-electron chi connectivity index (χ1n) is 8.42. The van der Waals surface area contributed by atoms with E-state index in [2.05, 4.69) is 10.6 Å². The summed E-state index contributed by atoms with van der Waals surface area (Å²) in [5.74, 6) is 1.26. The summed E-state index contributed by atoms with van der Waals surface area (Å²) < 4.78 is 10.6. The number of hydrogen-bond donors (Lipinski definition) is 3. The molecule has 0 spiro atoms. The quantitative estimate of drug-likeness (QED) is 0.696. The van der Waals surface area contributed by atoms with Gasteiger partial charge in [0.05, 0.1) is 11.4 Å². The average molecular weight is 390 g/mol. The maximum Gasteiger partial charge on any atom is 0.255 e. The van der Waals surface area contributed by atoms with Crippen molar-refractivity contribution in [2.75, 3.05) is 23.2 Å². The fourth-order valence-corrected chi connectivity index (χ4v) is 2.92. The molecule has 27 heavy (non-hydrogen) atoms. The Morgan fingerprint density at radius 2 is 1.81 bits per heavy atom. The number of nitrogens with two attached hydrogens (primary N) is 1. The molecule has 1 fully saturated rings. The van der Waals surface area contributed by atoms with Gasteiger partial charge < -0.3 is 25.8 Å². The van der Waals surface area contributed by atoms with E-state index < -0.39 is 0 Å². The van der Waals surface area contributed by atoms with Crippen molar-refractivity contribution in [3.8, 4) is 11.5 Å². The van der Waals surface area contributed by atoms with Gasteiger partial charge in [0.15, 0.2) is 11.5 Å². The smallest absolute Gasteiger partial charge is 0.255 e. The molecular formula is C19H20ClN3O4. The molecule has 8 heteroatoms. The summed E-state index contributed by atoms with van der Waals surface area (Å²) in [7, 11) is 0. The molecule has 2 aromatic carbocycles. The van der Waals surface area contributed by atoms with Gasteiger partial charge in [0, 0.05) is 29.3 Å². The van der Waals surface area contributed by atoms with Crippen molar-refractivity contribution >= 4 is 41.3 Å². The van der Waals surface area contributed by atoms with Crippen LogP contribution in [0.15, 0.2) is 36.4 Å². The van der Waals surface area contributed by atoms with Crippen LogP contribution in [0.2, 0.25) is 0 Å². The van der Waals surface area contributed by atoms with Crippen molar-refractivity contribution in [1.29, 1.82) is 0 Å². The molecule has 4 N–H and O–H groups in total. The Labute approximate surface area is 162 Å². The predicted octanol–water partition coefficient (Wildman–Crippen LogP) is 3.27. The number of hydrogen-bond acceptors (Lipinski definition) is 5. The predicted molar refractivity (Wildman–Crippen MR) is 105 cm³/mol. The molecule has 1 saturated carbocycles. The fraction of sp³-hybridized carbons (Fsp3) is 0.263. The Bertz CT molecular complexity index is 903. The lowest BCUT2D eigenvalue weighted by Gasteiger charge is -2.11. The normalized spacial score (nSPS) is 19.0. The number of amides is 2. The van der Waals surface area contributed by atoms with E-state index in [-0.39, 0.29) is 36.9 Å². The zero-order valence-corrected chi connectivity index (χ0v) is 15.5. The van der Waals surface area contributed by atoms with Gasteiger partial charge in [0.25, 0.3) is 5.91 Å². The number of carbonyl (C=O) groups excluding carboxylic acids is 2. The van der Waals surface area contributed by atoms with Gasteiger partial charge >= 0.3 is 0 Å². The van der Waals surface area contributed by atoms with E-state index in [0.717, 1.165) is 6.42 Å². The topological polar surface area (TPSA) is 103 Å². The summed E-state index contributed by atoms with van der Waals surface area (Å²) >= 11 is 0. The van der Waals surface area contributed by atoms with Crippen molar-refractivity contribution in [2.45, 2.75) is 13.3 Å². The van der Waals surface area contributed by atoms with Crippen LogP contribution in [-0.2, 0) is 4.79 Å². The van der Waals surface area contributed by atoms with Crippen molar-refractivity contribution in [3.05, 3.63) is 42.0 Å². The number of anilines is 3. The third-order valence-electron chi connectivity index (χ3n) is 4.63. The number of carbonyl (C=O) groups is 2. The molecule has 7 nitrogen and oxygen atoms in total. The van der Waals surface area contributed by atoms with Gasteiger partial charge in [-0.2, -0.15) is 0 Å². The van der Waals surface area contributed by atoms with Crippen LogP contribution in [-0.4, -0.2) is 18.6 Å². The third-order valence-corrected chi connectivity index (χ3v) is 4.63. The van der Waals surface area contributed by atoms with E-state index in [9.17, 15) is 9.59 Å². The second-order valence-electron chi connectivity index (χ2n) is 6.64. The van der Waals surface area contributed by atoms with Crippen LogP contribution in [0, 0.1) is 11.8 Å². The lowest BCUT2D eigenvalue weighted by molar-refractivity contribution is -0.117. The highest BCUT2D eigenvalue weighted by Gasteiger charge is 2.39.